The van der Waals surface area contributed by atoms with Gasteiger partial charge in [-0.2, -0.15) is 0 Å². The Balaban J connectivity index is 2.37. The number of hydrogen-bond donors (Lipinski definition) is 1. The molecule has 17 heavy (non-hydrogen) atoms. The van der Waals surface area contributed by atoms with Crippen molar-refractivity contribution >= 4 is 29.1 Å². The third-order valence-corrected chi connectivity index (χ3v) is 2.57. The number of amides is 1. The van der Waals surface area contributed by atoms with E-state index in [1.807, 2.05) is 19.1 Å². The van der Waals surface area contributed by atoms with Gasteiger partial charge in [0.2, 0.25) is 5.91 Å². The molecule has 0 aromatic heterocycles. The lowest BCUT2D eigenvalue weighted by Crippen LogP contribution is -2.33. The maximum absolute atomic E-state index is 11.2. The normalized spacial score (nSPS) is 11.9. The van der Waals surface area contributed by atoms with Crippen LogP contribution in [-0.4, -0.2) is 24.4 Å². The van der Waals surface area contributed by atoms with E-state index in [4.69, 9.17) is 27.9 Å². The molecule has 1 aromatic rings. The molecule has 1 aromatic carbocycles. The van der Waals surface area contributed by atoms with E-state index in [0.717, 1.165) is 0 Å². The van der Waals surface area contributed by atoms with Gasteiger partial charge in [-0.15, -0.1) is 11.6 Å². The van der Waals surface area contributed by atoms with Crippen molar-refractivity contribution < 1.29 is 9.53 Å². The van der Waals surface area contributed by atoms with Gasteiger partial charge >= 0.3 is 0 Å². The van der Waals surface area contributed by atoms with Crippen molar-refractivity contribution in [1.29, 1.82) is 0 Å². The second-order valence-corrected chi connectivity index (χ2v) is 4.39. The van der Waals surface area contributed by atoms with Gasteiger partial charge < -0.3 is 10.1 Å². The molecule has 0 heterocycles. The zero-order chi connectivity index (χ0) is 12.7. The summed E-state index contributed by atoms with van der Waals surface area (Å²) in [5, 5.41) is 3.29. The van der Waals surface area contributed by atoms with E-state index in [1.165, 1.54) is 0 Å². The fourth-order valence-corrected chi connectivity index (χ4v) is 1.58. The minimum absolute atomic E-state index is 0.0744. The van der Waals surface area contributed by atoms with Crippen LogP contribution in [0.25, 0.3) is 0 Å². The Kier molecular flexibility index (Phi) is 6.16. The highest BCUT2D eigenvalue weighted by molar-refractivity contribution is 6.32. The van der Waals surface area contributed by atoms with E-state index in [-0.39, 0.29) is 12.0 Å². The fraction of sp³-hybridized carbons (Fsp3) is 0.417. The number of rotatable bonds is 6. The number of halogens is 2. The number of ether oxygens (including phenoxy) is 1. The van der Waals surface area contributed by atoms with E-state index in [1.54, 1.807) is 12.1 Å². The minimum Gasteiger partial charge on any atom is -0.487 e. The number of alkyl halides is 1. The van der Waals surface area contributed by atoms with Gasteiger partial charge in [-0.25, -0.2) is 0 Å². The van der Waals surface area contributed by atoms with Crippen LogP contribution in [0.15, 0.2) is 24.3 Å². The molecule has 94 valence electrons. The lowest BCUT2D eigenvalue weighted by molar-refractivity contribution is -0.121. The smallest absolute Gasteiger partial charge is 0.221 e. The highest BCUT2D eigenvalue weighted by Gasteiger charge is 2.08. The Morgan fingerprint density at radius 3 is 2.82 bits per heavy atom. The molecule has 1 amide bonds. The van der Waals surface area contributed by atoms with Gasteiger partial charge in [0.1, 0.15) is 11.9 Å². The van der Waals surface area contributed by atoms with E-state index >= 15 is 0 Å². The van der Waals surface area contributed by atoms with Gasteiger partial charge in [-0.1, -0.05) is 23.7 Å². The van der Waals surface area contributed by atoms with Crippen molar-refractivity contribution in [2.45, 2.75) is 19.4 Å². The molecule has 0 saturated heterocycles. The lowest BCUT2D eigenvalue weighted by Gasteiger charge is -2.16. The number of carbonyl (C=O) groups is 1. The molecule has 1 unspecified atom stereocenters. The van der Waals surface area contributed by atoms with Crippen LogP contribution < -0.4 is 10.1 Å². The van der Waals surface area contributed by atoms with Crippen LogP contribution in [0.5, 0.6) is 5.75 Å². The number of para-hydroxylation sites is 1. The highest BCUT2D eigenvalue weighted by Crippen LogP contribution is 2.23. The SMILES string of the molecule is CC(CNC(=O)CCCl)Oc1ccccc1Cl. The first-order chi connectivity index (χ1) is 8.13. The molecule has 1 rings (SSSR count). The summed E-state index contributed by atoms with van der Waals surface area (Å²) in [6.45, 7) is 2.30. The number of nitrogens with one attached hydrogen (secondary N) is 1. The Hall–Kier alpha value is -0.930. The van der Waals surface area contributed by atoms with Gasteiger partial charge in [0.15, 0.2) is 0 Å². The molecule has 0 fully saturated rings. The number of carbonyl (C=O) groups excluding carboxylic acids is 1. The van der Waals surface area contributed by atoms with E-state index in [2.05, 4.69) is 5.32 Å². The van der Waals surface area contributed by atoms with Crippen LogP contribution in [0.2, 0.25) is 5.02 Å². The molecule has 1 atom stereocenters. The van der Waals surface area contributed by atoms with E-state index in [9.17, 15) is 4.79 Å². The van der Waals surface area contributed by atoms with Crippen LogP contribution in [0.4, 0.5) is 0 Å². The molecule has 3 nitrogen and oxygen atoms in total. The Bertz CT molecular complexity index is 371. The van der Waals surface area contributed by atoms with Crippen molar-refractivity contribution in [3.05, 3.63) is 29.3 Å². The van der Waals surface area contributed by atoms with Crippen molar-refractivity contribution in [1.82, 2.24) is 5.32 Å². The standard InChI is InChI=1S/C12H15Cl2NO2/c1-9(8-15-12(16)6-7-13)17-11-5-3-2-4-10(11)14/h2-5,9H,6-8H2,1H3,(H,15,16). The monoisotopic (exact) mass is 275 g/mol. The zero-order valence-electron chi connectivity index (χ0n) is 9.58. The summed E-state index contributed by atoms with van der Waals surface area (Å²) in [5.74, 6) is 0.869. The molecule has 0 bridgehead atoms. The average molecular weight is 276 g/mol. The second kappa shape index (κ2) is 7.41. The van der Waals surface area contributed by atoms with Gasteiger partial charge in [-0.05, 0) is 19.1 Å². The molecule has 0 aliphatic rings. The largest absolute Gasteiger partial charge is 0.487 e. The molecule has 0 radical (unpaired) electrons. The predicted octanol–water partition coefficient (Wildman–Crippen LogP) is 2.85. The average Bonchev–Trinajstić information content (AvgIpc) is 2.30. The van der Waals surface area contributed by atoms with Crippen LogP contribution in [0.3, 0.4) is 0 Å². The van der Waals surface area contributed by atoms with E-state index in [0.29, 0.717) is 29.6 Å². The third-order valence-electron chi connectivity index (χ3n) is 2.07. The lowest BCUT2D eigenvalue weighted by atomic mass is 10.3. The fourth-order valence-electron chi connectivity index (χ4n) is 1.23. The third kappa shape index (κ3) is 5.29. The predicted molar refractivity (Wildman–Crippen MR) is 69.9 cm³/mol. The summed E-state index contributed by atoms with van der Waals surface area (Å²) in [7, 11) is 0. The minimum atomic E-state index is -0.144. The molecule has 0 saturated carbocycles. The zero-order valence-corrected chi connectivity index (χ0v) is 11.1. The van der Waals surface area contributed by atoms with Crippen LogP contribution in [0, 0.1) is 0 Å². The van der Waals surface area contributed by atoms with Gasteiger partial charge in [0, 0.05) is 12.3 Å². The summed E-state index contributed by atoms with van der Waals surface area (Å²) >= 11 is 11.4. The Labute approximate surface area is 111 Å². The summed E-state index contributed by atoms with van der Waals surface area (Å²) in [6.07, 6.45) is 0.176. The van der Waals surface area contributed by atoms with Gasteiger partial charge in [0.25, 0.3) is 0 Å². The summed E-state index contributed by atoms with van der Waals surface area (Å²) in [4.78, 5) is 11.2. The molecule has 1 N–H and O–H groups in total. The molecule has 0 aliphatic carbocycles. The van der Waals surface area contributed by atoms with Crippen molar-refractivity contribution in [2.24, 2.45) is 0 Å². The Morgan fingerprint density at radius 2 is 2.18 bits per heavy atom. The molecule has 0 aliphatic heterocycles. The highest BCUT2D eigenvalue weighted by atomic mass is 35.5. The van der Waals surface area contributed by atoms with Gasteiger partial charge in [-0.3, -0.25) is 4.79 Å². The van der Waals surface area contributed by atoms with Crippen LogP contribution in [-0.2, 0) is 4.79 Å². The topological polar surface area (TPSA) is 38.3 Å². The van der Waals surface area contributed by atoms with E-state index < -0.39 is 0 Å². The second-order valence-electron chi connectivity index (χ2n) is 3.60. The van der Waals surface area contributed by atoms with Gasteiger partial charge in [0.05, 0.1) is 11.6 Å². The summed E-state index contributed by atoms with van der Waals surface area (Å²) < 4.78 is 5.59. The first kappa shape index (κ1) is 14.1. The van der Waals surface area contributed by atoms with Crippen molar-refractivity contribution in [3.63, 3.8) is 0 Å². The first-order valence-corrected chi connectivity index (χ1v) is 6.28. The number of benzene rings is 1. The quantitative estimate of drug-likeness (QED) is 0.811. The first-order valence-electron chi connectivity index (χ1n) is 5.37. The molecular formula is C12H15Cl2NO2. The Morgan fingerprint density at radius 1 is 1.47 bits per heavy atom. The molecular weight excluding hydrogens is 261 g/mol. The van der Waals surface area contributed by atoms with Crippen molar-refractivity contribution in [2.75, 3.05) is 12.4 Å². The summed E-state index contributed by atoms with van der Waals surface area (Å²) in [5.41, 5.74) is 0. The summed E-state index contributed by atoms with van der Waals surface area (Å²) in [6, 6.07) is 7.23. The maximum atomic E-state index is 11.2. The van der Waals surface area contributed by atoms with Crippen LogP contribution >= 0.6 is 23.2 Å². The number of hydrogen-bond acceptors (Lipinski definition) is 2. The maximum Gasteiger partial charge on any atom is 0.221 e. The van der Waals surface area contributed by atoms with Crippen LogP contribution in [0.1, 0.15) is 13.3 Å². The van der Waals surface area contributed by atoms with Crippen molar-refractivity contribution in [3.8, 4) is 5.75 Å². The molecule has 5 heteroatoms. The molecule has 0 spiro atoms.